The molecule has 100 valence electrons. The number of benzene rings is 1. The van der Waals surface area contributed by atoms with Crippen molar-refractivity contribution in [2.45, 2.75) is 33.2 Å². The van der Waals surface area contributed by atoms with Crippen LogP contribution >= 0.6 is 0 Å². The van der Waals surface area contributed by atoms with E-state index in [1.807, 2.05) is 31.2 Å². The van der Waals surface area contributed by atoms with E-state index in [1.165, 1.54) is 5.56 Å². The van der Waals surface area contributed by atoms with Crippen LogP contribution in [0.1, 0.15) is 36.7 Å². The minimum Gasteiger partial charge on any atom is -0.424 e. The van der Waals surface area contributed by atoms with Gasteiger partial charge in [0.25, 0.3) is 0 Å². The summed E-state index contributed by atoms with van der Waals surface area (Å²) in [6.07, 6.45) is 0. The zero-order valence-electron chi connectivity index (χ0n) is 11.6. The Morgan fingerprint density at radius 2 is 2.00 bits per heavy atom. The monoisotopic (exact) mass is 257 g/mol. The molecule has 0 bridgehead atoms. The van der Waals surface area contributed by atoms with Crippen LogP contribution in [0.2, 0.25) is 0 Å². The van der Waals surface area contributed by atoms with E-state index >= 15 is 0 Å². The second-order valence-electron chi connectivity index (χ2n) is 4.82. The normalized spacial score (nSPS) is 10.8. The number of rotatable bonds is 4. The zero-order chi connectivity index (χ0) is 13.8. The van der Waals surface area contributed by atoms with Gasteiger partial charge >= 0.3 is 6.01 Å². The lowest BCUT2D eigenvalue weighted by molar-refractivity contribution is 0.437. The van der Waals surface area contributed by atoms with E-state index in [0.29, 0.717) is 18.5 Å². The van der Waals surface area contributed by atoms with Crippen LogP contribution in [-0.2, 0) is 6.54 Å². The van der Waals surface area contributed by atoms with Crippen molar-refractivity contribution in [2.75, 3.05) is 0 Å². The third-order valence-corrected chi connectivity index (χ3v) is 2.83. The number of hydrogen-bond donors (Lipinski definition) is 1. The summed E-state index contributed by atoms with van der Waals surface area (Å²) in [5.74, 6) is 1.21. The highest BCUT2D eigenvalue weighted by Crippen LogP contribution is 2.23. The molecule has 2 aromatic rings. The molecule has 1 heterocycles. The van der Waals surface area contributed by atoms with Gasteiger partial charge in [-0.15, -0.1) is 0 Å². The molecule has 0 aliphatic rings. The van der Waals surface area contributed by atoms with E-state index in [-0.39, 0.29) is 0 Å². The topological polar surface area (TPSA) is 61.0 Å². The third kappa shape index (κ3) is 3.51. The fourth-order valence-electron chi connectivity index (χ4n) is 1.80. The van der Waals surface area contributed by atoms with E-state index in [1.54, 1.807) is 0 Å². The lowest BCUT2D eigenvalue weighted by Gasteiger charge is -2.09. The molecule has 4 heteroatoms. The SMILES string of the molecule is Cc1cc(CN)nc(Oc2cccc(C(C)C)c2)n1. The summed E-state index contributed by atoms with van der Waals surface area (Å²) in [5, 5.41) is 0. The first kappa shape index (κ1) is 13.5. The first-order valence-corrected chi connectivity index (χ1v) is 6.41. The molecule has 2 rings (SSSR count). The Balaban J connectivity index is 2.25. The molecule has 0 unspecified atom stereocenters. The largest absolute Gasteiger partial charge is 0.424 e. The number of ether oxygens (including phenoxy) is 1. The molecule has 4 nitrogen and oxygen atoms in total. The fourth-order valence-corrected chi connectivity index (χ4v) is 1.80. The summed E-state index contributed by atoms with van der Waals surface area (Å²) < 4.78 is 5.71. The molecule has 0 spiro atoms. The molecule has 0 saturated heterocycles. The smallest absolute Gasteiger partial charge is 0.322 e. The molecule has 0 aliphatic carbocycles. The van der Waals surface area contributed by atoms with Crippen LogP contribution in [0.4, 0.5) is 0 Å². The number of aryl methyl sites for hydroxylation is 1. The molecule has 1 aromatic heterocycles. The Labute approximate surface area is 113 Å². The van der Waals surface area contributed by atoms with Crippen LogP contribution in [0.15, 0.2) is 30.3 Å². The van der Waals surface area contributed by atoms with Crippen molar-refractivity contribution in [1.82, 2.24) is 9.97 Å². The van der Waals surface area contributed by atoms with Crippen LogP contribution in [0, 0.1) is 6.92 Å². The van der Waals surface area contributed by atoms with Gasteiger partial charge < -0.3 is 10.5 Å². The molecule has 0 atom stereocenters. The molecular formula is C15H19N3O. The number of nitrogens with two attached hydrogens (primary N) is 1. The van der Waals surface area contributed by atoms with Gasteiger partial charge in [0.15, 0.2) is 0 Å². The van der Waals surface area contributed by atoms with Crippen LogP contribution in [0.25, 0.3) is 0 Å². The first-order chi connectivity index (χ1) is 9.08. The lowest BCUT2D eigenvalue weighted by Crippen LogP contribution is -2.03. The molecule has 0 amide bonds. The molecule has 0 radical (unpaired) electrons. The highest BCUT2D eigenvalue weighted by molar-refractivity contribution is 5.32. The van der Waals surface area contributed by atoms with Gasteiger partial charge in [-0.25, -0.2) is 4.98 Å². The highest BCUT2D eigenvalue weighted by atomic mass is 16.5. The van der Waals surface area contributed by atoms with Crippen molar-refractivity contribution in [3.8, 4) is 11.8 Å². The second-order valence-corrected chi connectivity index (χ2v) is 4.82. The Morgan fingerprint density at radius 3 is 2.68 bits per heavy atom. The molecule has 19 heavy (non-hydrogen) atoms. The van der Waals surface area contributed by atoms with Gasteiger partial charge in [-0.2, -0.15) is 4.98 Å². The summed E-state index contributed by atoms with van der Waals surface area (Å²) in [6.45, 7) is 6.58. The van der Waals surface area contributed by atoms with Gasteiger partial charge in [-0.05, 0) is 36.6 Å². The summed E-state index contributed by atoms with van der Waals surface area (Å²) in [6, 6.07) is 10.2. The van der Waals surface area contributed by atoms with E-state index in [0.717, 1.165) is 17.1 Å². The number of hydrogen-bond acceptors (Lipinski definition) is 4. The van der Waals surface area contributed by atoms with Gasteiger partial charge in [-0.1, -0.05) is 26.0 Å². The Morgan fingerprint density at radius 1 is 1.21 bits per heavy atom. The Hall–Kier alpha value is -1.94. The minimum absolute atomic E-state index is 0.348. The van der Waals surface area contributed by atoms with Crippen molar-refractivity contribution in [1.29, 1.82) is 0 Å². The van der Waals surface area contributed by atoms with Crippen LogP contribution in [0.3, 0.4) is 0 Å². The van der Waals surface area contributed by atoms with Gasteiger partial charge in [0.05, 0.1) is 5.69 Å². The molecule has 0 aliphatic heterocycles. The first-order valence-electron chi connectivity index (χ1n) is 6.41. The quantitative estimate of drug-likeness (QED) is 0.914. The van der Waals surface area contributed by atoms with E-state index < -0.39 is 0 Å². The second kappa shape index (κ2) is 5.80. The van der Waals surface area contributed by atoms with Crippen LogP contribution in [-0.4, -0.2) is 9.97 Å². The van der Waals surface area contributed by atoms with Gasteiger partial charge in [-0.3, -0.25) is 0 Å². The maximum atomic E-state index is 5.71. The summed E-state index contributed by atoms with van der Waals surface area (Å²) in [5.41, 5.74) is 8.46. The predicted octanol–water partition coefficient (Wildman–Crippen LogP) is 3.16. The number of nitrogens with zero attached hydrogens (tertiary/aromatic N) is 2. The van der Waals surface area contributed by atoms with E-state index in [2.05, 4.69) is 29.9 Å². The number of aromatic nitrogens is 2. The van der Waals surface area contributed by atoms with Gasteiger partial charge in [0.1, 0.15) is 5.75 Å². The molecular weight excluding hydrogens is 238 g/mol. The predicted molar refractivity (Wildman–Crippen MR) is 75.3 cm³/mol. The van der Waals surface area contributed by atoms with Gasteiger partial charge in [0, 0.05) is 12.2 Å². The standard InChI is InChI=1S/C15H19N3O/c1-10(2)12-5-4-6-14(8-12)19-15-17-11(3)7-13(9-16)18-15/h4-8,10H,9,16H2,1-3H3. The summed E-state index contributed by atoms with van der Waals surface area (Å²) in [7, 11) is 0. The van der Waals surface area contributed by atoms with E-state index in [4.69, 9.17) is 10.5 Å². The van der Waals surface area contributed by atoms with Crippen molar-refractivity contribution >= 4 is 0 Å². The Kier molecular flexibility index (Phi) is 4.12. The minimum atomic E-state index is 0.348. The average molecular weight is 257 g/mol. The molecule has 2 N–H and O–H groups in total. The fraction of sp³-hybridized carbons (Fsp3) is 0.333. The molecule has 0 fully saturated rings. The molecule has 1 aromatic carbocycles. The lowest BCUT2D eigenvalue weighted by atomic mass is 10.0. The average Bonchev–Trinajstić information content (AvgIpc) is 2.38. The van der Waals surface area contributed by atoms with Crippen LogP contribution < -0.4 is 10.5 Å². The summed E-state index contributed by atoms with van der Waals surface area (Å²) in [4.78, 5) is 8.53. The van der Waals surface area contributed by atoms with Crippen molar-refractivity contribution in [2.24, 2.45) is 5.73 Å². The van der Waals surface area contributed by atoms with Crippen molar-refractivity contribution in [3.05, 3.63) is 47.3 Å². The Bertz CT molecular complexity index is 567. The maximum absolute atomic E-state index is 5.71. The van der Waals surface area contributed by atoms with Crippen molar-refractivity contribution < 1.29 is 4.74 Å². The molecule has 0 saturated carbocycles. The van der Waals surface area contributed by atoms with E-state index in [9.17, 15) is 0 Å². The van der Waals surface area contributed by atoms with Crippen LogP contribution in [0.5, 0.6) is 11.8 Å². The third-order valence-electron chi connectivity index (χ3n) is 2.83. The maximum Gasteiger partial charge on any atom is 0.322 e. The van der Waals surface area contributed by atoms with Crippen molar-refractivity contribution in [3.63, 3.8) is 0 Å². The summed E-state index contributed by atoms with van der Waals surface area (Å²) >= 11 is 0. The highest BCUT2D eigenvalue weighted by Gasteiger charge is 2.06. The van der Waals surface area contributed by atoms with Gasteiger partial charge in [0.2, 0.25) is 0 Å². The zero-order valence-corrected chi connectivity index (χ0v) is 11.6.